The summed E-state index contributed by atoms with van der Waals surface area (Å²) in [6.45, 7) is 3.80. The van der Waals surface area contributed by atoms with Gasteiger partial charge in [0.25, 0.3) is 5.60 Å². The summed E-state index contributed by atoms with van der Waals surface area (Å²) in [5.74, 6) is -2.47. The van der Waals surface area contributed by atoms with Crippen LogP contribution in [-0.4, -0.2) is 34.0 Å². The van der Waals surface area contributed by atoms with Crippen LogP contribution in [0.2, 0.25) is 0 Å². The summed E-state index contributed by atoms with van der Waals surface area (Å²) >= 11 is 0. The van der Waals surface area contributed by atoms with Crippen LogP contribution in [0.3, 0.4) is 0 Å². The highest BCUT2D eigenvalue weighted by molar-refractivity contribution is 5.99. The maximum Gasteiger partial charge on any atom is 0.426 e. The number of aliphatic hydroxyl groups is 1. The fourth-order valence-corrected chi connectivity index (χ4v) is 2.96. The third kappa shape index (κ3) is 2.75. The van der Waals surface area contributed by atoms with Gasteiger partial charge >= 0.3 is 12.4 Å². The first-order valence-electron chi connectivity index (χ1n) is 5.93. The Labute approximate surface area is 116 Å². The molecule has 1 aliphatic rings. The first kappa shape index (κ1) is 17.8. The fourth-order valence-electron chi connectivity index (χ4n) is 2.96. The van der Waals surface area contributed by atoms with Crippen molar-refractivity contribution in [2.24, 2.45) is 16.5 Å². The molecule has 9 heteroatoms. The molecule has 0 unspecified atom stereocenters. The number of allylic oxidation sites excluding steroid dienone is 2. The maximum atomic E-state index is 13.0. The molecule has 0 aliphatic heterocycles. The van der Waals surface area contributed by atoms with Crippen LogP contribution in [0.4, 0.5) is 26.3 Å². The van der Waals surface area contributed by atoms with Gasteiger partial charge in [0.1, 0.15) is 0 Å². The lowest BCUT2D eigenvalue weighted by Gasteiger charge is -2.47. The van der Waals surface area contributed by atoms with Crippen molar-refractivity contribution in [1.29, 1.82) is 0 Å². The first-order valence-corrected chi connectivity index (χ1v) is 5.93. The Morgan fingerprint density at radius 3 is 1.90 bits per heavy atom. The summed E-state index contributed by atoms with van der Waals surface area (Å²) in [4.78, 5) is 0. The number of hydrogen-bond acceptors (Lipinski definition) is 3. The van der Waals surface area contributed by atoms with E-state index in [-0.39, 0.29) is 6.42 Å². The third-order valence-electron chi connectivity index (χ3n) is 3.60. The van der Waals surface area contributed by atoms with Gasteiger partial charge in [-0.25, -0.2) is 0 Å². The van der Waals surface area contributed by atoms with Crippen LogP contribution >= 0.6 is 0 Å². The van der Waals surface area contributed by atoms with Crippen molar-refractivity contribution in [2.75, 3.05) is 0 Å². The lowest BCUT2D eigenvalue weighted by molar-refractivity contribution is -0.385. The SMILES string of the molecule is CC1=C/C(=N/O)[C@H](C(O)(C(F)(F)F)C(F)(F)F)C(C)(C)C1. The lowest BCUT2D eigenvalue weighted by Crippen LogP contribution is -2.67. The molecule has 0 spiro atoms. The Balaban J connectivity index is 3.64. The highest BCUT2D eigenvalue weighted by Crippen LogP contribution is 2.55. The predicted molar refractivity (Wildman–Crippen MR) is 61.9 cm³/mol. The smallest absolute Gasteiger partial charge is 0.411 e. The van der Waals surface area contributed by atoms with Crippen molar-refractivity contribution in [2.45, 2.75) is 45.1 Å². The maximum absolute atomic E-state index is 13.0. The quantitative estimate of drug-likeness (QED) is 0.440. The number of rotatable bonds is 1. The van der Waals surface area contributed by atoms with Crippen molar-refractivity contribution in [1.82, 2.24) is 0 Å². The summed E-state index contributed by atoms with van der Waals surface area (Å²) in [6.07, 6.45) is -11.1. The Morgan fingerprint density at radius 2 is 1.57 bits per heavy atom. The van der Waals surface area contributed by atoms with E-state index < -0.39 is 35.0 Å². The molecule has 0 heterocycles. The Bertz CT molecular complexity index is 461. The number of oxime groups is 1. The lowest BCUT2D eigenvalue weighted by atomic mass is 9.61. The van der Waals surface area contributed by atoms with E-state index in [2.05, 4.69) is 5.16 Å². The molecule has 0 saturated heterocycles. The molecule has 3 nitrogen and oxygen atoms in total. The van der Waals surface area contributed by atoms with Gasteiger partial charge in [-0.05, 0) is 24.8 Å². The molecule has 21 heavy (non-hydrogen) atoms. The average Bonchev–Trinajstić information content (AvgIpc) is 2.22. The summed E-state index contributed by atoms with van der Waals surface area (Å²) < 4.78 is 78.0. The van der Waals surface area contributed by atoms with Gasteiger partial charge in [0.05, 0.1) is 11.6 Å². The molecular formula is C12H15F6NO2. The van der Waals surface area contributed by atoms with Gasteiger partial charge in [0, 0.05) is 0 Å². The van der Waals surface area contributed by atoms with E-state index in [9.17, 15) is 31.4 Å². The van der Waals surface area contributed by atoms with Gasteiger partial charge in [-0.3, -0.25) is 0 Å². The second-order valence-electron chi connectivity index (χ2n) is 5.88. The molecule has 0 amide bonds. The van der Waals surface area contributed by atoms with Crippen molar-refractivity contribution in [3.63, 3.8) is 0 Å². The van der Waals surface area contributed by atoms with Gasteiger partial charge < -0.3 is 10.3 Å². The van der Waals surface area contributed by atoms with Gasteiger partial charge in [0.15, 0.2) is 0 Å². The van der Waals surface area contributed by atoms with Crippen molar-refractivity contribution in [3.05, 3.63) is 11.6 Å². The molecule has 0 fully saturated rings. The number of alkyl halides is 6. The van der Waals surface area contributed by atoms with E-state index in [0.29, 0.717) is 5.57 Å². The Morgan fingerprint density at radius 1 is 1.14 bits per heavy atom. The zero-order chi connectivity index (χ0) is 16.9. The molecule has 2 N–H and O–H groups in total. The standard InChI is InChI=1S/C12H15F6NO2/c1-6-4-7(19-21)8(9(2,3)5-6)10(20,11(13,14)15)12(16,17)18/h4,8,20-21H,5H2,1-3H3/b19-7-/t8-/m0/s1. The highest BCUT2D eigenvalue weighted by atomic mass is 19.4. The molecule has 1 atom stereocenters. The molecule has 122 valence electrons. The predicted octanol–water partition coefficient (Wildman–Crippen LogP) is 3.66. The minimum Gasteiger partial charge on any atom is -0.411 e. The van der Waals surface area contributed by atoms with Crippen LogP contribution < -0.4 is 0 Å². The topological polar surface area (TPSA) is 52.8 Å². The van der Waals surface area contributed by atoms with Crippen molar-refractivity contribution >= 4 is 5.71 Å². The van der Waals surface area contributed by atoms with Crippen molar-refractivity contribution < 1.29 is 36.7 Å². The van der Waals surface area contributed by atoms with E-state index in [4.69, 9.17) is 5.21 Å². The van der Waals surface area contributed by atoms with Crippen LogP contribution in [-0.2, 0) is 0 Å². The summed E-state index contributed by atoms with van der Waals surface area (Å²) in [5.41, 5.74) is -7.00. The minimum absolute atomic E-state index is 0.106. The molecule has 0 aromatic heterocycles. The summed E-state index contributed by atoms with van der Waals surface area (Å²) in [7, 11) is 0. The van der Waals surface area contributed by atoms with E-state index in [1.165, 1.54) is 6.92 Å². The molecular weight excluding hydrogens is 304 g/mol. The fraction of sp³-hybridized carbons (Fsp3) is 0.750. The van der Waals surface area contributed by atoms with Crippen LogP contribution in [0.1, 0.15) is 27.2 Å². The van der Waals surface area contributed by atoms with Crippen molar-refractivity contribution in [3.8, 4) is 0 Å². The monoisotopic (exact) mass is 319 g/mol. The van der Waals surface area contributed by atoms with E-state index in [1.807, 2.05) is 0 Å². The number of nitrogens with zero attached hydrogens (tertiary/aromatic N) is 1. The molecule has 0 saturated carbocycles. The minimum atomic E-state index is -5.97. The van der Waals surface area contributed by atoms with Gasteiger partial charge in [-0.15, -0.1) is 0 Å². The number of halogens is 6. The normalized spacial score (nSPS) is 25.9. The average molecular weight is 319 g/mol. The van der Waals surface area contributed by atoms with Gasteiger partial charge in [-0.2, -0.15) is 26.3 Å². The van der Waals surface area contributed by atoms with Crippen LogP contribution in [0.15, 0.2) is 16.8 Å². The molecule has 1 rings (SSSR count). The van der Waals surface area contributed by atoms with Crippen LogP contribution in [0.25, 0.3) is 0 Å². The molecule has 0 bridgehead atoms. The molecule has 0 radical (unpaired) electrons. The first-order chi connectivity index (χ1) is 9.18. The summed E-state index contributed by atoms with van der Waals surface area (Å²) in [5, 5.41) is 20.9. The zero-order valence-electron chi connectivity index (χ0n) is 11.5. The number of hydrogen-bond donors (Lipinski definition) is 2. The van der Waals surface area contributed by atoms with E-state index in [1.54, 1.807) is 0 Å². The summed E-state index contributed by atoms with van der Waals surface area (Å²) in [6, 6.07) is 0. The second kappa shape index (κ2) is 4.89. The molecule has 0 aromatic rings. The highest BCUT2D eigenvalue weighted by Gasteiger charge is 2.76. The second-order valence-corrected chi connectivity index (χ2v) is 5.88. The van der Waals surface area contributed by atoms with Crippen LogP contribution in [0, 0.1) is 11.3 Å². The largest absolute Gasteiger partial charge is 0.426 e. The van der Waals surface area contributed by atoms with Gasteiger partial charge in [0.2, 0.25) is 0 Å². The Kier molecular flexibility index (Phi) is 4.15. The Hall–Kier alpha value is -1.25. The van der Waals surface area contributed by atoms with E-state index in [0.717, 1.165) is 19.9 Å². The molecule has 1 aliphatic carbocycles. The van der Waals surface area contributed by atoms with E-state index >= 15 is 0 Å². The third-order valence-corrected chi connectivity index (χ3v) is 3.60. The molecule has 0 aromatic carbocycles. The van der Waals surface area contributed by atoms with Gasteiger partial charge in [-0.1, -0.05) is 24.6 Å². The zero-order valence-corrected chi connectivity index (χ0v) is 11.5. The van der Waals surface area contributed by atoms with Crippen LogP contribution in [0.5, 0.6) is 0 Å².